The van der Waals surface area contributed by atoms with Gasteiger partial charge < -0.3 is 15.5 Å². The van der Waals surface area contributed by atoms with Crippen molar-refractivity contribution in [2.24, 2.45) is 0 Å². The van der Waals surface area contributed by atoms with Crippen LogP contribution in [0.2, 0.25) is 0 Å². The summed E-state index contributed by atoms with van der Waals surface area (Å²) in [5, 5.41) is 5.69. The molecule has 0 spiro atoms. The number of urea groups is 1. The predicted molar refractivity (Wildman–Crippen MR) is 92.4 cm³/mol. The standard InChI is InChI=1S/C15H24N4O3S/c1-18(2)14-9-5-4-8-13(14)17-15(20)16-12-7-6-10-19(11-12)23(3,21)22/h4-5,8-9,12H,6-7,10-11H2,1-3H3,(H2,16,17,20)/t12-/m1/s1. The highest BCUT2D eigenvalue weighted by atomic mass is 32.2. The lowest BCUT2D eigenvalue weighted by Gasteiger charge is -2.31. The van der Waals surface area contributed by atoms with Gasteiger partial charge in [-0.05, 0) is 25.0 Å². The highest BCUT2D eigenvalue weighted by Crippen LogP contribution is 2.23. The Morgan fingerprint density at radius 2 is 2.00 bits per heavy atom. The SMILES string of the molecule is CN(C)c1ccccc1NC(=O)N[C@@H]1CCCN(S(C)(=O)=O)C1. The number of rotatable bonds is 4. The van der Waals surface area contributed by atoms with E-state index in [1.165, 1.54) is 10.6 Å². The van der Waals surface area contributed by atoms with Crippen molar-refractivity contribution in [2.45, 2.75) is 18.9 Å². The highest BCUT2D eigenvalue weighted by Gasteiger charge is 2.26. The van der Waals surface area contributed by atoms with Crippen LogP contribution in [0.25, 0.3) is 0 Å². The molecule has 23 heavy (non-hydrogen) atoms. The van der Waals surface area contributed by atoms with Crippen LogP contribution in [0, 0.1) is 0 Å². The number of anilines is 2. The van der Waals surface area contributed by atoms with Crippen LogP contribution in [0.3, 0.4) is 0 Å². The maximum Gasteiger partial charge on any atom is 0.319 e. The first-order chi connectivity index (χ1) is 10.8. The Morgan fingerprint density at radius 3 is 2.65 bits per heavy atom. The third-order valence-corrected chi connectivity index (χ3v) is 5.09. The van der Waals surface area contributed by atoms with Gasteiger partial charge in [0.05, 0.1) is 17.6 Å². The van der Waals surface area contributed by atoms with Crippen molar-refractivity contribution in [3.05, 3.63) is 24.3 Å². The molecule has 1 fully saturated rings. The van der Waals surface area contributed by atoms with Crippen LogP contribution in [-0.2, 0) is 10.0 Å². The first-order valence-corrected chi connectivity index (χ1v) is 9.41. The summed E-state index contributed by atoms with van der Waals surface area (Å²) < 4.78 is 24.7. The quantitative estimate of drug-likeness (QED) is 0.865. The molecule has 2 amide bonds. The second kappa shape index (κ2) is 7.18. The maximum absolute atomic E-state index is 12.2. The van der Waals surface area contributed by atoms with Crippen LogP contribution in [0.15, 0.2) is 24.3 Å². The summed E-state index contributed by atoms with van der Waals surface area (Å²) in [7, 11) is 0.596. The zero-order valence-corrected chi connectivity index (χ0v) is 14.6. The summed E-state index contributed by atoms with van der Waals surface area (Å²) in [5.41, 5.74) is 1.62. The fourth-order valence-electron chi connectivity index (χ4n) is 2.67. The molecule has 1 aromatic carbocycles. The van der Waals surface area contributed by atoms with E-state index in [1.54, 1.807) is 0 Å². The van der Waals surface area contributed by atoms with E-state index in [2.05, 4.69) is 10.6 Å². The zero-order valence-electron chi connectivity index (χ0n) is 13.7. The van der Waals surface area contributed by atoms with E-state index in [1.807, 2.05) is 43.3 Å². The second-order valence-electron chi connectivity index (χ2n) is 5.97. The summed E-state index contributed by atoms with van der Waals surface area (Å²) >= 11 is 0. The number of para-hydroxylation sites is 2. The Bertz CT molecular complexity index is 660. The van der Waals surface area contributed by atoms with Gasteiger partial charge in [-0.2, -0.15) is 0 Å². The van der Waals surface area contributed by atoms with Crippen molar-refractivity contribution in [3.8, 4) is 0 Å². The van der Waals surface area contributed by atoms with Gasteiger partial charge in [-0.25, -0.2) is 17.5 Å². The van der Waals surface area contributed by atoms with Crippen LogP contribution in [0.4, 0.5) is 16.2 Å². The molecule has 1 aromatic rings. The molecule has 1 aliphatic heterocycles. The fraction of sp³-hybridized carbons (Fsp3) is 0.533. The molecule has 1 aliphatic rings. The Morgan fingerprint density at radius 1 is 1.30 bits per heavy atom. The number of hydrogen-bond acceptors (Lipinski definition) is 4. The largest absolute Gasteiger partial charge is 0.376 e. The molecule has 0 aliphatic carbocycles. The minimum Gasteiger partial charge on any atom is -0.376 e. The second-order valence-corrected chi connectivity index (χ2v) is 7.95. The van der Waals surface area contributed by atoms with Crippen LogP contribution >= 0.6 is 0 Å². The lowest BCUT2D eigenvalue weighted by Crippen LogP contribution is -2.50. The van der Waals surface area contributed by atoms with E-state index in [4.69, 9.17) is 0 Å². The molecule has 2 rings (SSSR count). The van der Waals surface area contributed by atoms with Gasteiger partial charge in [-0.1, -0.05) is 12.1 Å². The third kappa shape index (κ3) is 4.84. The first kappa shape index (κ1) is 17.6. The van der Waals surface area contributed by atoms with Crippen LogP contribution in [-0.4, -0.2) is 58.2 Å². The van der Waals surface area contributed by atoms with Crippen LogP contribution < -0.4 is 15.5 Å². The molecule has 0 aromatic heterocycles. The topological polar surface area (TPSA) is 81.8 Å². The monoisotopic (exact) mass is 340 g/mol. The van der Waals surface area contributed by atoms with Crippen molar-refractivity contribution < 1.29 is 13.2 Å². The average Bonchev–Trinajstić information content (AvgIpc) is 2.46. The minimum atomic E-state index is -3.22. The molecule has 0 unspecified atom stereocenters. The van der Waals surface area contributed by atoms with Crippen LogP contribution in [0.1, 0.15) is 12.8 Å². The van der Waals surface area contributed by atoms with E-state index >= 15 is 0 Å². The van der Waals surface area contributed by atoms with E-state index < -0.39 is 10.0 Å². The molecule has 0 radical (unpaired) electrons. The first-order valence-electron chi connectivity index (χ1n) is 7.56. The van der Waals surface area contributed by atoms with Crippen molar-refractivity contribution in [1.82, 2.24) is 9.62 Å². The van der Waals surface area contributed by atoms with Gasteiger partial charge in [-0.15, -0.1) is 0 Å². The van der Waals surface area contributed by atoms with Gasteiger partial charge in [0.1, 0.15) is 0 Å². The molecular formula is C15H24N4O3S. The van der Waals surface area contributed by atoms with Crippen molar-refractivity contribution in [2.75, 3.05) is 43.7 Å². The Balaban J connectivity index is 1.98. The molecule has 0 bridgehead atoms. The molecular weight excluding hydrogens is 316 g/mol. The number of nitrogens with zero attached hydrogens (tertiary/aromatic N) is 2. The molecule has 1 saturated heterocycles. The summed E-state index contributed by atoms with van der Waals surface area (Å²) in [6, 6.07) is 7.02. The van der Waals surface area contributed by atoms with Crippen LogP contribution in [0.5, 0.6) is 0 Å². The molecule has 1 atom stereocenters. The number of benzene rings is 1. The number of carbonyl (C=O) groups excluding carboxylic acids is 1. The minimum absolute atomic E-state index is 0.176. The molecule has 128 valence electrons. The Kier molecular flexibility index (Phi) is 5.48. The third-order valence-electron chi connectivity index (χ3n) is 3.82. The van der Waals surface area contributed by atoms with E-state index in [9.17, 15) is 13.2 Å². The predicted octanol–water partition coefficient (Wildman–Crippen LogP) is 1.30. The summed E-state index contributed by atoms with van der Waals surface area (Å²) in [6.45, 7) is 0.837. The molecule has 1 heterocycles. The van der Waals surface area contributed by atoms with Crippen molar-refractivity contribution >= 4 is 27.4 Å². The molecule has 8 heteroatoms. The van der Waals surface area contributed by atoms with E-state index in [-0.39, 0.29) is 12.1 Å². The average molecular weight is 340 g/mol. The maximum atomic E-state index is 12.2. The lowest BCUT2D eigenvalue weighted by atomic mass is 10.1. The molecule has 7 nitrogen and oxygen atoms in total. The van der Waals surface area contributed by atoms with Gasteiger partial charge in [0.2, 0.25) is 10.0 Å². The van der Waals surface area contributed by atoms with Crippen molar-refractivity contribution in [3.63, 3.8) is 0 Å². The van der Waals surface area contributed by atoms with Gasteiger partial charge in [-0.3, -0.25) is 0 Å². The molecule has 2 N–H and O–H groups in total. The number of sulfonamides is 1. The Hall–Kier alpha value is -1.80. The summed E-state index contributed by atoms with van der Waals surface area (Å²) in [5.74, 6) is 0. The van der Waals surface area contributed by atoms with Gasteiger partial charge in [0.15, 0.2) is 0 Å². The summed E-state index contributed by atoms with van der Waals surface area (Å²) in [4.78, 5) is 14.1. The molecule has 0 saturated carbocycles. The normalized spacial score (nSPS) is 19.2. The van der Waals surface area contributed by atoms with E-state index in [0.717, 1.165) is 18.5 Å². The highest BCUT2D eigenvalue weighted by molar-refractivity contribution is 7.88. The van der Waals surface area contributed by atoms with Gasteiger partial charge in [0.25, 0.3) is 0 Å². The van der Waals surface area contributed by atoms with Crippen molar-refractivity contribution in [1.29, 1.82) is 0 Å². The number of amides is 2. The number of carbonyl (C=O) groups is 1. The van der Waals surface area contributed by atoms with E-state index in [0.29, 0.717) is 18.8 Å². The number of nitrogens with one attached hydrogen (secondary N) is 2. The zero-order chi connectivity index (χ0) is 17.0. The van der Waals surface area contributed by atoms with Gasteiger partial charge >= 0.3 is 6.03 Å². The van der Waals surface area contributed by atoms with Gasteiger partial charge in [0, 0.05) is 33.2 Å². The fourth-order valence-corrected chi connectivity index (χ4v) is 3.59. The lowest BCUT2D eigenvalue weighted by molar-refractivity contribution is 0.236. The number of hydrogen-bond donors (Lipinski definition) is 2. The number of piperidine rings is 1. The smallest absolute Gasteiger partial charge is 0.319 e. The summed E-state index contributed by atoms with van der Waals surface area (Å²) in [6.07, 6.45) is 2.71. The Labute approximate surface area is 137 Å².